The molecule has 42 heavy (non-hydrogen) atoms. The van der Waals surface area contributed by atoms with Crippen molar-refractivity contribution >= 4 is 5.91 Å². The lowest BCUT2D eigenvalue weighted by atomic mass is 9.96. The summed E-state index contributed by atoms with van der Waals surface area (Å²) < 4.78 is 23.7. The van der Waals surface area contributed by atoms with Gasteiger partial charge in [-0.25, -0.2) is 0 Å². The van der Waals surface area contributed by atoms with E-state index in [1.807, 2.05) is 72.8 Å². The van der Waals surface area contributed by atoms with Crippen LogP contribution in [0.1, 0.15) is 59.8 Å². The third-order valence-electron chi connectivity index (χ3n) is 6.52. The lowest BCUT2D eigenvalue weighted by molar-refractivity contribution is 0.0947. The molecule has 0 aliphatic heterocycles. The quantitative estimate of drug-likeness (QED) is 0.188. The Bertz CT molecular complexity index is 1630. The number of aliphatic hydroxyl groups excluding tert-OH is 1. The molecule has 2 aromatic heterocycles. The number of rotatable bonds is 12. The number of amides is 1. The number of benzene rings is 3. The fourth-order valence-electron chi connectivity index (χ4n) is 4.42. The van der Waals surface area contributed by atoms with Crippen molar-refractivity contribution < 1.29 is 28.4 Å². The van der Waals surface area contributed by atoms with Crippen molar-refractivity contribution in [1.82, 2.24) is 20.6 Å². The van der Waals surface area contributed by atoms with E-state index >= 15 is 0 Å². The van der Waals surface area contributed by atoms with Gasteiger partial charge >= 0.3 is 0 Å². The Morgan fingerprint density at radius 1 is 0.905 bits per heavy atom. The predicted octanol–water partition coefficient (Wildman–Crippen LogP) is 5.92. The maximum atomic E-state index is 13.0. The first kappa shape index (κ1) is 28.6. The Morgan fingerprint density at radius 2 is 1.55 bits per heavy atom. The SMILES string of the molecule is CCNC(=O)c1noc(-c2cc(C(C)C)c(OCc3ccccc3)cc2OCc2ccccc2)c1-c1noc(CO)n1. The minimum absolute atomic E-state index is 0.00733. The molecule has 0 saturated heterocycles. The number of nitrogens with one attached hydrogen (secondary N) is 1. The number of hydrogen-bond acceptors (Lipinski definition) is 9. The summed E-state index contributed by atoms with van der Waals surface area (Å²) in [5.41, 5.74) is 3.65. The van der Waals surface area contributed by atoms with Crippen molar-refractivity contribution in [3.05, 3.63) is 101 Å². The van der Waals surface area contributed by atoms with E-state index in [4.69, 9.17) is 18.5 Å². The number of nitrogens with zero attached hydrogens (tertiary/aromatic N) is 3. The second-order valence-electron chi connectivity index (χ2n) is 9.85. The highest BCUT2D eigenvalue weighted by atomic mass is 16.5. The molecule has 0 fully saturated rings. The van der Waals surface area contributed by atoms with Gasteiger partial charge in [0.05, 0.1) is 5.56 Å². The van der Waals surface area contributed by atoms with Gasteiger partial charge in [-0.05, 0) is 35.6 Å². The van der Waals surface area contributed by atoms with Crippen LogP contribution in [0.5, 0.6) is 11.5 Å². The lowest BCUT2D eigenvalue weighted by Crippen LogP contribution is -2.23. The molecular weight excluding hydrogens is 536 g/mol. The van der Waals surface area contributed by atoms with E-state index in [0.29, 0.717) is 30.2 Å². The van der Waals surface area contributed by atoms with Crippen molar-refractivity contribution in [3.63, 3.8) is 0 Å². The normalized spacial score (nSPS) is 11.1. The summed E-state index contributed by atoms with van der Waals surface area (Å²) in [6.07, 6.45) is 0. The molecule has 10 nitrogen and oxygen atoms in total. The topological polar surface area (TPSA) is 133 Å². The first-order valence-electron chi connectivity index (χ1n) is 13.7. The fourth-order valence-corrected chi connectivity index (χ4v) is 4.42. The number of carbonyl (C=O) groups is 1. The first-order chi connectivity index (χ1) is 20.5. The summed E-state index contributed by atoms with van der Waals surface area (Å²) in [5.74, 6) is 0.994. The van der Waals surface area contributed by atoms with Crippen molar-refractivity contribution in [1.29, 1.82) is 0 Å². The molecule has 3 aromatic carbocycles. The van der Waals surface area contributed by atoms with Crippen LogP contribution in [0.4, 0.5) is 0 Å². The maximum absolute atomic E-state index is 13.0. The fraction of sp³-hybridized carbons (Fsp3) is 0.250. The Hall–Kier alpha value is -4.96. The van der Waals surface area contributed by atoms with Crippen molar-refractivity contribution in [2.24, 2.45) is 0 Å². The van der Waals surface area contributed by atoms with Gasteiger partial charge in [0.25, 0.3) is 11.8 Å². The number of ether oxygens (including phenoxy) is 2. The van der Waals surface area contributed by atoms with Crippen molar-refractivity contribution in [2.75, 3.05) is 6.54 Å². The summed E-state index contributed by atoms with van der Waals surface area (Å²) in [6, 6.07) is 23.4. The Kier molecular flexibility index (Phi) is 8.93. The molecule has 0 saturated carbocycles. The van der Waals surface area contributed by atoms with E-state index in [0.717, 1.165) is 16.7 Å². The van der Waals surface area contributed by atoms with Crippen LogP contribution in [0.15, 0.2) is 81.8 Å². The molecular formula is C32H32N4O6. The Labute approximate surface area is 243 Å². The van der Waals surface area contributed by atoms with Gasteiger partial charge in [-0.15, -0.1) is 0 Å². The number of hydrogen-bond donors (Lipinski definition) is 2. The minimum atomic E-state index is -0.462. The van der Waals surface area contributed by atoms with Crippen LogP contribution >= 0.6 is 0 Å². The van der Waals surface area contributed by atoms with Crippen LogP contribution in [0, 0.1) is 0 Å². The van der Waals surface area contributed by atoms with E-state index in [9.17, 15) is 9.90 Å². The van der Waals surface area contributed by atoms with Gasteiger partial charge in [0.2, 0.25) is 5.82 Å². The molecule has 10 heteroatoms. The molecule has 0 atom stereocenters. The third kappa shape index (κ3) is 6.34. The second-order valence-corrected chi connectivity index (χ2v) is 9.85. The molecule has 5 aromatic rings. The van der Waals surface area contributed by atoms with E-state index in [1.54, 1.807) is 6.92 Å². The second kappa shape index (κ2) is 13.1. The van der Waals surface area contributed by atoms with Crippen molar-refractivity contribution in [2.45, 2.75) is 46.5 Å². The summed E-state index contributed by atoms with van der Waals surface area (Å²) in [4.78, 5) is 17.2. The zero-order valence-corrected chi connectivity index (χ0v) is 23.7. The summed E-state index contributed by atoms with van der Waals surface area (Å²) in [6.45, 7) is 6.50. The predicted molar refractivity (Wildman–Crippen MR) is 155 cm³/mol. The molecule has 216 valence electrons. The summed E-state index contributed by atoms with van der Waals surface area (Å²) in [7, 11) is 0. The van der Waals surface area contributed by atoms with Gasteiger partial charge in [-0.1, -0.05) is 84.8 Å². The number of aromatic nitrogens is 3. The number of carbonyl (C=O) groups excluding carboxylic acids is 1. The van der Waals surface area contributed by atoms with E-state index in [1.165, 1.54) is 0 Å². The first-order valence-corrected chi connectivity index (χ1v) is 13.7. The monoisotopic (exact) mass is 568 g/mol. The van der Waals surface area contributed by atoms with Crippen LogP contribution in [-0.2, 0) is 19.8 Å². The average molecular weight is 569 g/mol. The molecule has 0 bridgehead atoms. The lowest BCUT2D eigenvalue weighted by Gasteiger charge is -2.19. The maximum Gasteiger partial charge on any atom is 0.274 e. The van der Waals surface area contributed by atoms with Gasteiger partial charge in [0.15, 0.2) is 11.5 Å². The highest BCUT2D eigenvalue weighted by molar-refractivity contribution is 6.01. The summed E-state index contributed by atoms with van der Waals surface area (Å²) in [5, 5.41) is 20.4. The molecule has 0 spiro atoms. The average Bonchev–Trinajstić information content (AvgIpc) is 3.67. The van der Waals surface area contributed by atoms with Gasteiger partial charge in [-0.3, -0.25) is 4.79 Å². The Balaban J connectivity index is 1.65. The summed E-state index contributed by atoms with van der Waals surface area (Å²) >= 11 is 0. The molecule has 0 aliphatic rings. The largest absolute Gasteiger partial charge is 0.488 e. The Morgan fingerprint density at radius 3 is 2.12 bits per heavy atom. The van der Waals surface area contributed by atoms with Gasteiger partial charge < -0.3 is 28.9 Å². The van der Waals surface area contributed by atoms with Gasteiger partial charge in [0, 0.05) is 12.6 Å². The minimum Gasteiger partial charge on any atom is -0.488 e. The van der Waals surface area contributed by atoms with E-state index in [-0.39, 0.29) is 41.3 Å². The molecule has 0 aliphatic carbocycles. The third-order valence-corrected chi connectivity index (χ3v) is 6.52. The zero-order chi connectivity index (χ0) is 29.5. The smallest absolute Gasteiger partial charge is 0.274 e. The molecule has 2 N–H and O–H groups in total. The van der Waals surface area contributed by atoms with Crippen LogP contribution in [0.25, 0.3) is 22.7 Å². The molecule has 1 amide bonds. The van der Waals surface area contributed by atoms with Crippen LogP contribution < -0.4 is 14.8 Å². The van der Waals surface area contributed by atoms with Crippen LogP contribution in [0.3, 0.4) is 0 Å². The highest BCUT2D eigenvalue weighted by Gasteiger charge is 2.30. The highest BCUT2D eigenvalue weighted by Crippen LogP contribution is 2.44. The van der Waals surface area contributed by atoms with E-state index < -0.39 is 12.5 Å². The van der Waals surface area contributed by atoms with Crippen LogP contribution in [0.2, 0.25) is 0 Å². The number of aliphatic hydroxyl groups is 1. The molecule has 0 radical (unpaired) electrons. The van der Waals surface area contributed by atoms with Gasteiger partial charge in [-0.2, -0.15) is 4.98 Å². The zero-order valence-electron chi connectivity index (χ0n) is 23.7. The molecule has 2 heterocycles. The standard InChI is InChI=1S/C32H32N4O6/c1-4-33-32(38)29-28(31-34-27(17-37)41-36-31)30(42-35-29)24-15-23(20(2)3)25(39-18-21-11-7-5-8-12-21)16-26(24)40-19-22-13-9-6-10-14-22/h5-16,20,37H,4,17-19H2,1-3H3,(H,33,38). The molecule has 5 rings (SSSR count). The molecule has 0 unspecified atom stereocenters. The van der Waals surface area contributed by atoms with Crippen LogP contribution in [-0.4, -0.2) is 32.9 Å². The van der Waals surface area contributed by atoms with Crippen molar-refractivity contribution in [3.8, 4) is 34.2 Å². The van der Waals surface area contributed by atoms with Gasteiger partial charge in [0.1, 0.15) is 36.9 Å². The van der Waals surface area contributed by atoms with E-state index in [2.05, 4.69) is 34.5 Å².